The third kappa shape index (κ3) is 1.86. The molecule has 0 aliphatic rings. The second-order valence-corrected chi connectivity index (χ2v) is 3.43. The van der Waals surface area contributed by atoms with Crippen LogP contribution in [-0.2, 0) is 0 Å². The maximum atomic E-state index is 10.7. The maximum Gasteiger partial charge on any atom is 0.152 e. The maximum absolute atomic E-state index is 10.7. The Labute approximate surface area is 93.0 Å². The zero-order valence-corrected chi connectivity index (χ0v) is 8.60. The lowest BCUT2D eigenvalue weighted by atomic mass is 10.1. The summed E-state index contributed by atoms with van der Waals surface area (Å²) in [4.78, 5) is 13.7. The van der Waals surface area contributed by atoms with E-state index in [2.05, 4.69) is 4.98 Å². The van der Waals surface area contributed by atoms with E-state index in [9.17, 15) is 4.79 Å². The Balaban J connectivity index is 2.38. The molecule has 3 nitrogen and oxygen atoms in total. The minimum Gasteiger partial charge on any atom is -0.360 e. The SMILES string of the molecule is N#CCC=Cc1ccc2c(C=O)c[nH]c2c1. The Morgan fingerprint density at radius 2 is 2.31 bits per heavy atom. The van der Waals surface area contributed by atoms with Crippen LogP contribution in [0.2, 0.25) is 0 Å². The predicted molar refractivity (Wildman–Crippen MR) is 63.0 cm³/mol. The Bertz CT molecular complexity index is 587. The molecular weight excluding hydrogens is 200 g/mol. The van der Waals surface area contributed by atoms with Gasteiger partial charge in [0.1, 0.15) is 0 Å². The molecular formula is C13H10N2O. The zero-order chi connectivity index (χ0) is 11.4. The molecule has 0 aliphatic heterocycles. The van der Waals surface area contributed by atoms with Crippen LogP contribution < -0.4 is 0 Å². The van der Waals surface area contributed by atoms with Gasteiger partial charge in [0.2, 0.25) is 0 Å². The van der Waals surface area contributed by atoms with E-state index >= 15 is 0 Å². The lowest BCUT2D eigenvalue weighted by Crippen LogP contribution is -1.76. The third-order valence-corrected chi connectivity index (χ3v) is 2.38. The molecule has 16 heavy (non-hydrogen) atoms. The van der Waals surface area contributed by atoms with Gasteiger partial charge in [-0.2, -0.15) is 5.26 Å². The molecule has 0 unspecified atom stereocenters. The van der Waals surface area contributed by atoms with Crippen LogP contribution >= 0.6 is 0 Å². The minimum absolute atomic E-state index is 0.405. The van der Waals surface area contributed by atoms with Gasteiger partial charge in [0.15, 0.2) is 6.29 Å². The number of aromatic amines is 1. The number of fused-ring (bicyclic) bond motifs is 1. The summed E-state index contributed by atoms with van der Waals surface area (Å²) < 4.78 is 0. The predicted octanol–water partition coefficient (Wildman–Crippen LogP) is 2.91. The summed E-state index contributed by atoms with van der Waals surface area (Å²) in [6, 6.07) is 7.83. The van der Waals surface area contributed by atoms with E-state index in [0.717, 1.165) is 22.8 Å². The van der Waals surface area contributed by atoms with E-state index in [0.29, 0.717) is 12.0 Å². The standard InChI is InChI=1S/C13H10N2O/c14-6-2-1-3-10-4-5-12-11(9-16)8-15-13(12)7-10/h1,3-5,7-9,15H,2H2. The van der Waals surface area contributed by atoms with Crippen molar-refractivity contribution in [1.29, 1.82) is 5.26 Å². The molecule has 0 amide bonds. The molecule has 0 spiro atoms. The molecule has 78 valence electrons. The van der Waals surface area contributed by atoms with Crippen LogP contribution in [0.25, 0.3) is 17.0 Å². The van der Waals surface area contributed by atoms with Gasteiger partial charge < -0.3 is 4.98 Å². The highest BCUT2D eigenvalue weighted by Crippen LogP contribution is 2.19. The molecule has 1 N–H and O–H groups in total. The fourth-order valence-corrected chi connectivity index (χ4v) is 1.62. The molecule has 0 radical (unpaired) electrons. The van der Waals surface area contributed by atoms with Crippen LogP contribution in [-0.4, -0.2) is 11.3 Å². The number of aromatic nitrogens is 1. The Hall–Kier alpha value is -2.34. The summed E-state index contributed by atoms with van der Waals surface area (Å²) in [6.45, 7) is 0. The lowest BCUT2D eigenvalue weighted by molar-refractivity contribution is 0.112. The van der Waals surface area contributed by atoms with Crippen LogP contribution in [0, 0.1) is 11.3 Å². The molecule has 0 aliphatic carbocycles. The number of nitrogens with one attached hydrogen (secondary N) is 1. The third-order valence-electron chi connectivity index (χ3n) is 2.38. The van der Waals surface area contributed by atoms with Gasteiger partial charge in [0, 0.05) is 22.7 Å². The van der Waals surface area contributed by atoms with E-state index in [4.69, 9.17) is 5.26 Å². The second kappa shape index (κ2) is 4.45. The van der Waals surface area contributed by atoms with Gasteiger partial charge in [-0.05, 0) is 11.6 Å². The molecule has 0 saturated carbocycles. The van der Waals surface area contributed by atoms with Crippen molar-refractivity contribution >= 4 is 23.3 Å². The molecule has 1 aromatic heterocycles. The number of allylic oxidation sites excluding steroid dienone is 1. The number of benzene rings is 1. The molecule has 2 rings (SSSR count). The fraction of sp³-hybridized carbons (Fsp3) is 0.0769. The summed E-state index contributed by atoms with van der Waals surface area (Å²) >= 11 is 0. The van der Waals surface area contributed by atoms with E-state index in [1.54, 1.807) is 6.20 Å². The Morgan fingerprint density at radius 3 is 3.06 bits per heavy atom. The van der Waals surface area contributed by atoms with Gasteiger partial charge in [-0.25, -0.2) is 0 Å². The highest BCUT2D eigenvalue weighted by molar-refractivity contribution is 5.97. The quantitative estimate of drug-likeness (QED) is 0.792. The Kier molecular flexibility index (Phi) is 2.84. The molecule has 0 atom stereocenters. The molecule has 0 fully saturated rings. The summed E-state index contributed by atoms with van der Waals surface area (Å²) in [5.74, 6) is 0. The molecule has 1 heterocycles. The highest BCUT2D eigenvalue weighted by Gasteiger charge is 2.01. The second-order valence-electron chi connectivity index (χ2n) is 3.43. The van der Waals surface area contributed by atoms with E-state index in [1.807, 2.05) is 36.4 Å². The first-order chi connectivity index (χ1) is 7.85. The number of carbonyl (C=O) groups excluding carboxylic acids is 1. The number of nitriles is 1. The van der Waals surface area contributed by atoms with E-state index in [1.165, 1.54) is 0 Å². The first-order valence-corrected chi connectivity index (χ1v) is 4.95. The van der Waals surface area contributed by atoms with E-state index < -0.39 is 0 Å². The topological polar surface area (TPSA) is 56.6 Å². The summed E-state index contributed by atoms with van der Waals surface area (Å²) in [7, 11) is 0. The number of rotatable bonds is 3. The first-order valence-electron chi connectivity index (χ1n) is 4.95. The van der Waals surface area contributed by atoms with Crippen molar-refractivity contribution in [3.8, 4) is 6.07 Å². The Morgan fingerprint density at radius 1 is 1.44 bits per heavy atom. The van der Waals surface area contributed by atoms with Gasteiger partial charge >= 0.3 is 0 Å². The number of nitrogens with zero attached hydrogens (tertiary/aromatic N) is 1. The van der Waals surface area contributed by atoms with Crippen LogP contribution in [0.3, 0.4) is 0 Å². The summed E-state index contributed by atoms with van der Waals surface area (Å²) in [5.41, 5.74) is 2.62. The van der Waals surface area contributed by atoms with Crippen LogP contribution in [0.1, 0.15) is 22.3 Å². The van der Waals surface area contributed by atoms with Gasteiger partial charge in [0.05, 0.1) is 12.5 Å². The molecule has 0 bridgehead atoms. The average Bonchev–Trinajstić information content (AvgIpc) is 2.71. The van der Waals surface area contributed by atoms with Gasteiger partial charge in [-0.3, -0.25) is 4.79 Å². The fourth-order valence-electron chi connectivity index (χ4n) is 1.62. The number of carbonyl (C=O) groups is 1. The van der Waals surface area contributed by atoms with Gasteiger partial charge in [-0.15, -0.1) is 0 Å². The zero-order valence-electron chi connectivity index (χ0n) is 8.60. The monoisotopic (exact) mass is 210 g/mol. The molecule has 0 saturated heterocycles. The summed E-state index contributed by atoms with van der Waals surface area (Å²) in [5, 5.41) is 9.33. The number of hydrogen-bond acceptors (Lipinski definition) is 2. The minimum atomic E-state index is 0.405. The van der Waals surface area contributed by atoms with Crippen LogP contribution in [0.4, 0.5) is 0 Å². The largest absolute Gasteiger partial charge is 0.360 e. The van der Waals surface area contributed by atoms with E-state index in [-0.39, 0.29) is 0 Å². The first kappa shape index (κ1) is 10.2. The molecule has 2 aromatic rings. The van der Waals surface area contributed by atoms with Crippen molar-refractivity contribution < 1.29 is 4.79 Å². The van der Waals surface area contributed by atoms with Crippen molar-refractivity contribution in [2.24, 2.45) is 0 Å². The van der Waals surface area contributed by atoms with Crippen LogP contribution in [0.5, 0.6) is 0 Å². The lowest BCUT2D eigenvalue weighted by Gasteiger charge is -1.94. The number of hydrogen-bond donors (Lipinski definition) is 1. The summed E-state index contributed by atoms with van der Waals surface area (Å²) in [6.07, 6.45) is 6.64. The van der Waals surface area contributed by atoms with Crippen molar-refractivity contribution in [2.45, 2.75) is 6.42 Å². The molecule has 3 heteroatoms. The number of aldehydes is 1. The van der Waals surface area contributed by atoms with Crippen LogP contribution in [0.15, 0.2) is 30.5 Å². The molecule has 1 aromatic carbocycles. The van der Waals surface area contributed by atoms with Gasteiger partial charge in [-0.1, -0.05) is 24.3 Å². The number of H-pyrrole nitrogens is 1. The average molecular weight is 210 g/mol. The van der Waals surface area contributed by atoms with Crippen molar-refractivity contribution in [3.05, 3.63) is 41.6 Å². The van der Waals surface area contributed by atoms with Crippen molar-refractivity contribution in [1.82, 2.24) is 4.98 Å². The van der Waals surface area contributed by atoms with Crippen molar-refractivity contribution in [2.75, 3.05) is 0 Å². The van der Waals surface area contributed by atoms with Gasteiger partial charge in [0.25, 0.3) is 0 Å². The highest BCUT2D eigenvalue weighted by atomic mass is 16.1. The smallest absolute Gasteiger partial charge is 0.152 e. The normalized spacial score (nSPS) is 10.7. The van der Waals surface area contributed by atoms with Crippen molar-refractivity contribution in [3.63, 3.8) is 0 Å².